The summed E-state index contributed by atoms with van der Waals surface area (Å²) >= 11 is 10.4. The van der Waals surface area contributed by atoms with Gasteiger partial charge in [0.25, 0.3) is 0 Å². The van der Waals surface area contributed by atoms with Crippen molar-refractivity contribution in [3.63, 3.8) is 0 Å². The summed E-state index contributed by atoms with van der Waals surface area (Å²) in [7, 11) is 3.34. The summed E-state index contributed by atoms with van der Waals surface area (Å²) in [5.41, 5.74) is 2.08. The molecule has 0 aliphatic rings. The lowest BCUT2D eigenvalue weighted by Gasteiger charge is -1.90. The minimum absolute atomic E-state index is 1.04. The van der Waals surface area contributed by atoms with Gasteiger partial charge in [0.2, 0.25) is 0 Å². The van der Waals surface area contributed by atoms with E-state index in [1.165, 1.54) is 9.40 Å². The molecule has 0 saturated heterocycles. The van der Waals surface area contributed by atoms with Gasteiger partial charge in [0.1, 0.15) is 0 Å². The van der Waals surface area contributed by atoms with Gasteiger partial charge in [0, 0.05) is 8.95 Å². The smallest absolute Gasteiger partial charge is 0.162 e. The van der Waals surface area contributed by atoms with Gasteiger partial charge in [0.05, 0.1) is 20.4 Å². The first-order valence-corrected chi connectivity index (χ1v) is 11.5. The van der Waals surface area contributed by atoms with Crippen molar-refractivity contribution >= 4 is 96.6 Å². The molecule has 0 radical (unpaired) electrons. The zero-order valence-corrected chi connectivity index (χ0v) is 17.2. The monoisotopic (exact) mass is 488 g/mol. The molecular weight excluding hydrogens is 484 g/mol. The Bertz CT molecular complexity index is 899. The van der Waals surface area contributed by atoms with Gasteiger partial charge < -0.3 is 0 Å². The van der Waals surface area contributed by atoms with Crippen LogP contribution in [0.15, 0.2) is 54.0 Å². The maximum atomic E-state index is 4.66. The fraction of sp³-hybridized carbons (Fsp3) is 0. The molecule has 2 aromatic carbocycles. The van der Waals surface area contributed by atoms with Crippen molar-refractivity contribution in [2.24, 2.45) is 0 Å². The summed E-state index contributed by atoms with van der Waals surface area (Å²) in [5.74, 6) is 0. The second-order valence-electron chi connectivity index (χ2n) is 4.35. The van der Waals surface area contributed by atoms with Gasteiger partial charge in [-0.1, -0.05) is 31.9 Å². The fourth-order valence-electron chi connectivity index (χ4n) is 1.90. The summed E-state index contributed by atoms with van der Waals surface area (Å²) in [6, 6.07) is 12.4. The van der Waals surface area contributed by atoms with Crippen LogP contribution in [0.2, 0.25) is 0 Å². The summed E-state index contributed by atoms with van der Waals surface area (Å²) in [6.07, 6.45) is 0. The van der Waals surface area contributed by atoms with E-state index in [-0.39, 0.29) is 0 Å². The molecule has 4 rings (SSSR count). The highest BCUT2D eigenvalue weighted by Crippen LogP contribution is 2.43. The number of hydrogen-bond donors (Lipinski definition) is 0. The SMILES string of the molecule is Brc1ccc2sc(SSc3nc4cc(Br)ccc4s3)nc2c1. The van der Waals surface area contributed by atoms with Crippen molar-refractivity contribution in [2.45, 2.75) is 8.68 Å². The Morgan fingerprint density at radius 1 is 0.727 bits per heavy atom. The highest BCUT2D eigenvalue weighted by atomic mass is 79.9. The molecule has 2 aromatic heterocycles. The fourth-order valence-corrected chi connectivity index (χ4v) is 7.05. The Hall–Kier alpha value is -0.120. The number of fused-ring (bicyclic) bond motifs is 2. The van der Waals surface area contributed by atoms with Crippen LogP contribution < -0.4 is 0 Å². The maximum absolute atomic E-state index is 4.66. The Kier molecular flexibility index (Phi) is 4.49. The second kappa shape index (κ2) is 6.41. The van der Waals surface area contributed by atoms with E-state index in [2.05, 4.69) is 66.1 Å². The molecule has 0 N–H and O–H groups in total. The summed E-state index contributed by atoms with van der Waals surface area (Å²) in [6.45, 7) is 0. The Balaban J connectivity index is 1.56. The molecule has 0 amide bonds. The van der Waals surface area contributed by atoms with Crippen LogP contribution in [0.3, 0.4) is 0 Å². The second-order valence-corrected chi connectivity index (χ2v) is 10.9. The Morgan fingerprint density at radius 3 is 1.64 bits per heavy atom. The Labute approximate surface area is 159 Å². The van der Waals surface area contributed by atoms with E-state index in [9.17, 15) is 0 Å². The third kappa shape index (κ3) is 3.22. The molecule has 0 aliphatic heterocycles. The van der Waals surface area contributed by atoms with E-state index in [1.807, 2.05) is 12.1 Å². The molecule has 0 saturated carbocycles. The summed E-state index contributed by atoms with van der Waals surface area (Å²) in [5, 5.41) is 0. The van der Waals surface area contributed by atoms with Crippen LogP contribution in [0.1, 0.15) is 0 Å². The van der Waals surface area contributed by atoms with Crippen LogP contribution in [0.4, 0.5) is 0 Å². The van der Waals surface area contributed by atoms with Gasteiger partial charge in [-0.2, -0.15) is 0 Å². The standard InChI is InChI=1S/C14H6Br2N2S4/c15-7-1-3-11-9(5-7)17-13(19-11)21-22-14-18-10-6-8(16)2-4-12(10)20-14/h1-6H. The highest BCUT2D eigenvalue weighted by molar-refractivity contribution is 9.10. The Morgan fingerprint density at radius 2 is 1.18 bits per heavy atom. The van der Waals surface area contributed by atoms with E-state index >= 15 is 0 Å². The number of thiazole rings is 2. The molecule has 0 atom stereocenters. The zero-order valence-electron chi connectivity index (χ0n) is 10.7. The van der Waals surface area contributed by atoms with Crippen molar-refractivity contribution < 1.29 is 0 Å². The first-order chi connectivity index (χ1) is 10.7. The molecule has 110 valence electrons. The van der Waals surface area contributed by atoms with E-state index in [0.29, 0.717) is 0 Å². The van der Waals surface area contributed by atoms with Gasteiger partial charge in [-0.05, 0) is 58.0 Å². The minimum Gasteiger partial charge on any atom is -0.229 e. The lowest BCUT2D eigenvalue weighted by atomic mass is 10.3. The average molecular weight is 490 g/mol. The van der Waals surface area contributed by atoms with Crippen molar-refractivity contribution in [1.29, 1.82) is 0 Å². The van der Waals surface area contributed by atoms with Crippen molar-refractivity contribution in [1.82, 2.24) is 9.97 Å². The van der Waals surface area contributed by atoms with Crippen LogP contribution in [0, 0.1) is 0 Å². The molecular formula is C14H6Br2N2S4. The number of rotatable bonds is 3. The molecule has 0 unspecified atom stereocenters. The number of hydrogen-bond acceptors (Lipinski definition) is 6. The van der Waals surface area contributed by atoms with E-state index in [1.54, 1.807) is 44.3 Å². The van der Waals surface area contributed by atoms with Gasteiger partial charge in [0.15, 0.2) is 8.68 Å². The van der Waals surface area contributed by atoms with Gasteiger partial charge in [-0.25, -0.2) is 9.97 Å². The largest absolute Gasteiger partial charge is 0.229 e. The molecule has 0 bridgehead atoms. The third-order valence-electron chi connectivity index (χ3n) is 2.84. The first kappa shape index (κ1) is 15.4. The third-order valence-corrected chi connectivity index (χ3v) is 8.87. The van der Waals surface area contributed by atoms with Crippen molar-refractivity contribution in [3.05, 3.63) is 45.3 Å². The molecule has 0 spiro atoms. The van der Waals surface area contributed by atoms with E-state index in [0.717, 1.165) is 28.7 Å². The summed E-state index contributed by atoms with van der Waals surface area (Å²) in [4.78, 5) is 9.31. The average Bonchev–Trinajstić information content (AvgIpc) is 3.07. The summed E-state index contributed by atoms with van der Waals surface area (Å²) < 4.78 is 6.65. The maximum Gasteiger partial charge on any atom is 0.162 e. The molecule has 8 heteroatoms. The molecule has 2 nitrogen and oxygen atoms in total. The minimum atomic E-state index is 1.04. The predicted octanol–water partition coefficient (Wildman–Crippen LogP) is 7.23. The van der Waals surface area contributed by atoms with Crippen LogP contribution in [-0.4, -0.2) is 9.97 Å². The van der Waals surface area contributed by atoms with E-state index < -0.39 is 0 Å². The van der Waals surface area contributed by atoms with Crippen LogP contribution in [0.25, 0.3) is 20.4 Å². The quantitative estimate of drug-likeness (QED) is 0.283. The van der Waals surface area contributed by atoms with Gasteiger partial charge in [-0.3, -0.25) is 0 Å². The number of aromatic nitrogens is 2. The normalized spacial score (nSPS) is 11.5. The van der Waals surface area contributed by atoms with Gasteiger partial charge >= 0.3 is 0 Å². The van der Waals surface area contributed by atoms with Crippen LogP contribution >= 0.6 is 76.1 Å². The van der Waals surface area contributed by atoms with Crippen LogP contribution in [0.5, 0.6) is 0 Å². The molecule has 0 fully saturated rings. The predicted molar refractivity (Wildman–Crippen MR) is 106 cm³/mol. The number of benzene rings is 2. The van der Waals surface area contributed by atoms with E-state index in [4.69, 9.17) is 0 Å². The zero-order chi connectivity index (χ0) is 15.1. The first-order valence-electron chi connectivity index (χ1n) is 6.14. The molecule has 0 aliphatic carbocycles. The number of nitrogens with zero attached hydrogens (tertiary/aromatic N) is 2. The number of halogens is 2. The highest BCUT2D eigenvalue weighted by Gasteiger charge is 2.09. The molecule has 2 heterocycles. The lowest BCUT2D eigenvalue weighted by molar-refractivity contribution is 1.30. The van der Waals surface area contributed by atoms with Crippen molar-refractivity contribution in [2.75, 3.05) is 0 Å². The molecule has 4 aromatic rings. The topological polar surface area (TPSA) is 25.8 Å². The van der Waals surface area contributed by atoms with Crippen molar-refractivity contribution in [3.8, 4) is 0 Å². The lowest BCUT2D eigenvalue weighted by Crippen LogP contribution is -1.69. The van der Waals surface area contributed by atoms with Gasteiger partial charge in [-0.15, -0.1) is 22.7 Å². The molecule has 22 heavy (non-hydrogen) atoms. The van der Waals surface area contributed by atoms with Crippen LogP contribution in [-0.2, 0) is 0 Å².